The second-order valence-electron chi connectivity index (χ2n) is 13.8. The molecule has 0 radical (unpaired) electrons. The van der Waals surface area contributed by atoms with Crippen molar-refractivity contribution in [3.63, 3.8) is 0 Å². The summed E-state index contributed by atoms with van der Waals surface area (Å²) in [7, 11) is 0. The summed E-state index contributed by atoms with van der Waals surface area (Å²) in [4.78, 5) is 12.2. The average molecular weight is 504 g/mol. The van der Waals surface area contributed by atoms with Gasteiger partial charge in [-0.2, -0.15) is 0 Å². The van der Waals surface area contributed by atoms with Crippen LogP contribution >= 0.6 is 0 Å². The second-order valence-corrected chi connectivity index (χ2v) is 13.8. The highest BCUT2D eigenvalue weighted by atomic mass is 16.6. The maximum absolute atomic E-state index is 12.2. The van der Waals surface area contributed by atoms with Crippen molar-refractivity contribution in [2.45, 2.75) is 117 Å². The van der Waals surface area contributed by atoms with Gasteiger partial charge in [-0.25, -0.2) is 4.79 Å². The number of aliphatic hydroxyl groups excluding tert-OH is 2. The molecule has 0 aromatic heterocycles. The number of hydrogen-bond donors (Lipinski definition) is 3. The fourth-order valence-corrected chi connectivity index (χ4v) is 9.21. The standard InChI is InChI=1S/C31H53NO4/c1-20(2)7-6-8-21(3)26-11-12-27-25-10-9-22-17-24(36-29(35)32-18-23(34)19-33)13-15-30(22,4)28(25)14-16-31(26,27)5/h9,20-21,23-28,33-34H,6-8,10-19H2,1-5H3,(H,32,35)/t21-,23?,24+,25?,26-,27?,28?,30+,31-/m1/s1. The molecule has 0 aromatic carbocycles. The van der Waals surface area contributed by atoms with Gasteiger partial charge in [0.15, 0.2) is 0 Å². The van der Waals surface area contributed by atoms with E-state index in [-0.39, 0.29) is 24.7 Å². The molecule has 1 amide bonds. The fraction of sp³-hybridized carbons (Fsp3) is 0.903. The molecule has 0 aromatic rings. The molecule has 4 aliphatic rings. The number of carbonyl (C=O) groups is 1. The van der Waals surface area contributed by atoms with Crippen LogP contribution in [0.1, 0.15) is 105 Å². The molecule has 0 saturated heterocycles. The molecule has 5 nitrogen and oxygen atoms in total. The van der Waals surface area contributed by atoms with Gasteiger partial charge in [0.2, 0.25) is 0 Å². The highest BCUT2D eigenvalue weighted by molar-refractivity contribution is 5.67. The first-order valence-corrected chi connectivity index (χ1v) is 15.0. The van der Waals surface area contributed by atoms with E-state index in [1.807, 2.05) is 0 Å². The lowest BCUT2D eigenvalue weighted by molar-refractivity contribution is -0.0582. The number of fused-ring (bicyclic) bond motifs is 5. The minimum absolute atomic E-state index is 0.0176. The topological polar surface area (TPSA) is 78.8 Å². The van der Waals surface area contributed by atoms with E-state index in [2.05, 4.69) is 46.0 Å². The van der Waals surface area contributed by atoms with Crippen LogP contribution in [0, 0.1) is 46.3 Å². The van der Waals surface area contributed by atoms with Gasteiger partial charge in [-0.05, 0) is 91.3 Å². The van der Waals surface area contributed by atoms with Crippen molar-refractivity contribution in [3.05, 3.63) is 11.6 Å². The van der Waals surface area contributed by atoms with E-state index < -0.39 is 12.2 Å². The van der Waals surface area contributed by atoms with Crippen LogP contribution < -0.4 is 5.32 Å². The van der Waals surface area contributed by atoms with Gasteiger partial charge in [0.05, 0.1) is 12.7 Å². The summed E-state index contributed by atoms with van der Waals surface area (Å²) >= 11 is 0. The molecule has 206 valence electrons. The second kappa shape index (κ2) is 11.4. The summed E-state index contributed by atoms with van der Waals surface area (Å²) in [6.45, 7) is 12.1. The van der Waals surface area contributed by atoms with E-state index in [1.165, 1.54) is 56.9 Å². The first kappa shape index (κ1) is 28.0. The minimum Gasteiger partial charge on any atom is -0.446 e. The predicted molar refractivity (Wildman–Crippen MR) is 144 cm³/mol. The Kier molecular flexibility index (Phi) is 8.81. The quantitative estimate of drug-likeness (QED) is 0.315. The summed E-state index contributed by atoms with van der Waals surface area (Å²) in [5, 5.41) is 21.0. The molecule has 9 atom stereocenters. The molecular weight excluding hydrogens is 450 g/mol. The van der Waals surface area contributed by atoms with Crippen LogP contribution in [-0.4, -0.2) is 41.7 Å². The molecule has 0 aliphatic heterocycles. The Hall–Kier alpha value is -1.07. The van der Waals surface area contributed by atoms with Gasteiger partial charge in [-0.3, -0.25) is 0 Å². The van der Waals surface area contributed by atoms with Crippen molar-refractivity contribution in [3.8, 4) is 0 Å². The maximum Gasteiger partial charge on any atom is 0.407 e. The summed E-state index contributed by atoms with van der Waals surface area (Å²) in [5.74, 6) is 4.99. The molecule has 3 saturated carbocycles. The largest absolute Gasteiger partial charge is 0.446 e. The van der Waals surface area contributed by atoms with Crippen molar-refractivity contribution >= 4 is 6.09 Å². The number of alkyl carbamates (subject to hydrolysis) is 1. The Balaban J connectivity index is 1.38. The Morgan fingerprint density at radius 1 is 1.11 bits per heavy atom. The SMILES string of the molecule is CC(C)CCC[C@@H](C)[C@H]1CCC2C3CC=C4C[C@@H](OC(=O)NCC(O)CO)CC[C@]4(C)C3CC[C@@]21C. The molecule has 36 heavy (non-hydrogen) atoms. The van der Waals surface area contributed by atoms with Gasteiger partial charge in [0.1, 0.15) is 6.10 Å². The number of carbonyl (C=O) groups excluding carboxylic acids is 1. The van der Waals surface area contributed by atoms with Gasteiger partial charge in [0, 0.05) is 13.0 Å². The third-order valence-corrected chi connectivity index (χ3v) is 11.2. The number of nitrogens with one attached hydrogen (secondary N) is 1. The molecular formula is C31H53NO4. The highest BCUT2D eigenvalue weighted by Gasteiger charge is 2.59. The smallest absolute Gasteiger partial charge is 0.407 e. The van der Waals surface area contributed by atoms with Gasteiger partial charge in [-0.15, -0.1) is 0 Å². The first-order valence-electron chi connectivity index (χ1n) is 15.0. The summed E-state index contributed by atoms with van der Waals surface area (Å²) in [6, 6.07) is 0. The van der Waals surface area contributed by atoms with Gasteiger partial charge in [-0.1, -0.05) is 65.5 Å². The number of rotatable bonds is 9. The zero-order chi connectivity index (χ0) is 26.1. The van der Waals surface area contributed by atoms with Crippen molar-refractivity contribution < 1.29 is 19.7 Å². The van der Waals surface area contributed by atoms with Crippen LogP contribution in [-0.2, 0) is 4.74 Å². The number of hydrogen-bond acceptors (Lipinski definition) is 4. The number of amides is 1. The van der Waals surface area contributed by atoms with Crippen molar-refractivity contribution in [2.24, 2.45) is 46.3 Å². The first-order chi connectivity index (χ1) is 17.1. The monoisotopic (exact) mass is 503 g/mol. The lowest BCUT2D eigenvalue weighted by atomic mass is 9.47. The summed E-state index contributed by atoms with van der Waals surface area (Å²) in [5.41, 5.74) is 2.27. The van der Waals surface area contributed by atoms with Crippen LogP contribution in [0.15, 0.2) is 11.6 Å². The Bertz CT molecular complexity index is 795. The van der Waals surface area contributed by atoms with Crippen molar-refractivity contribution in [1.29, 1.82) is 0 Å². The lowest BCUT2D eigenvalue weighted by Crippen LogP contribution is -2.51. The predicted octanol–water partition coefficient (Wildman–Crippen LogP) is 6.48. The van der Waals surface area contributed by atoms with Crippen molar-refractivity contribution in [2.75, 3.05) is 13.2 Å². The average Bonchev–Trinajstić information content (AvgIpc) is 3.19. The third-order valence-electron chi connectivity index (χ3n) is 11.2. The Morgan fingerprint density at radius 2 is 1.89 bits per heavy atom. The van der Waals surface area contributed by atoms with E-state index in [4.69, 9.17) is 9.84 Å². The van der Waals surface area contributed by atoms with Gasteiger partial charge < -0.3 is 20.3 Å². The van der Waals surface area contributed by atoms with Crippen LogP contribution in [0.5, 0.6) is 0 Å². The third kappa shape index (κ3) is 5.53. The van der Waals surface area contributed by atoms with Crippen LogP contribution in [0.25, 0.3) is 0 Å². The Morgan fingerprint density at radius 3 is 2.61 bits per heavy atom. The normalized spacial score (nSPS) is 39.4. The van der Waals surface area contributed by atoms with Crippen LogP contribution in [0.4, 0.5) is 4.79 Å². The van der Waals surface area contributed by atoms with E-state index in [9.17, 15) is 9.90 Å². The number of aliphatic hydroxyl groups is 2. The molecule has 3 fully saturated rings. The summed E-state index contributed by atoms with van der Waals surface area (Å²) < 4.78 is 5.71. The molecule has 4 aliphatic carbocycles. The number of ether oxygens (including phenoxy) is 1. The molecule has 3 N–H and O–H groups in total. The zero-order valence-electron chi connectivity index (χ0n) is 23.6. The fourth-order valence-electron chi connectivity index (χ4n) is 9.21. The van der Waals surface area contributed by atoms with E-state index in [1.54, 1.807) is 0 Å². The highest BCUT2D eigenvalue weighted by Crippen LogP contribution is 2.67. The molecule has 0 bridgehead atoms. The van der Waals surface area contributed by atoms with E-state index in [0.29, 0.717) is 5.41 Å². The maximum atomic E-state index is 12.2. The van der Waals surface area contributed by atoms with Crippen LogP contribution in [0.2, 0.25) is 0 Å². The lowest BCUT2D eigenvalue weighted by Gasteiger charge is -2.58. The van der Waals surface area contributed by atoms with E-state index in [0.717, 1.165) is 54.8 Å². The van der Waals surface area contributed by atoms with E-state index >= 15 is 0 Å². The molecule has 4 rings (SSSR count). The zero-order valence-corrected chi connectivity index (χ0v) is 23.6. The number of allylic oxidation sites excluding steroid dienone is 1. The van der Waals surface area contributed by atoms with Crippen LogP contribution in [0.3, 0.4) is 0 Å². The van der Waals surface area contributed by atoms with Gasteiger partial charge >= 0.3 is 6.09 Å². The molecule has 4 unspecified atom stereocenters. The molecule has 5 heteroatoms. The van der Waals surface area contributed by atoms with Gasteiger partial charge in [0.25, 0.3) is 0 Å². The van der Waals surface area contributed by atoms with Crippen molar-refractivity contribution in [1.82, 2.24) is 5.32 Å². The minimum atomic E-state index is -0.944. The summed E-state index contributed by atoms with van der Waals surface area (Å²) in [6.07, 6.45) is 14.8. The Labute approximate surface area is 219 Å². The molecule has 0 heterocycles. The molecule has 0 spiro atoms.